The normalized spacial score (nSPS) is 19.2. The molecule has 1 aliphatic carbocycles. The van der Waals surface area contributed by atoms with E-state index in [1.165, 1.54) is 0 Å². The molecule has 1 saturated carbocycles. The zero-order valence-corrected chi connectivity index (χ0v) is 29.0. The zero-order chi connectivity index (χ0) is 34.0. The Morgan fingerprint density at radius 1 is 0.917 bits per heavy atom. The molecule has 48 heavy (non-hydrogen) atoms. The average Bonchev–Trinajstić information content (AvgIpc) is 3.13. The summed E-state index contributed by atoms with van der Waals surface area (Å²) in [7, 11) is 4.91. The van der Waals surface area contributed by atoms with Crippen molar-refractivity contribution in [3.05, 3.63) is 80.1 Å². The van der Waals surface area contributed by atoms with Crippen LogP contribution in [0, 0.1) is 5.92 Å². The van der Waals surface area contributed by atoms with E-state index in [-0.39, 0.29) is 24.1 Å². The fourth-order valence-corrected chi connectivity index (χ4v) is 7.53. The number of aliphatic hydroxyl groups is 1. The van der Waals surface area contributed by atoms with Gasteiger partial charge in [0.05, 0.1) is 45.7 Å². The first kappa shape index (κ1) is 35.9. The van der Waals surface area contributed by atoms with E-state index in [9.17, 15) is 14.7 Å². The van der Waals surface area contributed by atoms with Crippen LogP contribution >= 0.6 is 0 Å². The molecule has 10 nitrogen and oxygen atoms in total. The molecule has 0 aromatic heterocycles. The summed E-state index contributed by atoms with van der Waals surface area (Å²) in [4.78, 5) is 31.2. The summed E-state index contributed by atoms with van der Waals surface area (Å²) in [5.41, 5.74) is 2.20. The Hall–Kier alpha value is -3.44. The molecule has 0 amide bonds. The average molecular weight is 664 g/mol. The Morgan fingerprint density at radius 3 is 2.29 bits per heavy atom. The van der Waals surface area contributed by atoms with Crippen molar-refractivity contribution < 1.29 is 24.1 Å². The van der Waals surface area contributed by atoms with Gasteiger partial charge < -0.3 is 39.2 Å². The molecule has 262 valence electrons. The monoisotopic (exact) mass is 663 g/mol. The molecule has 3 aromatic rings. The highest BCUT2D eigenvalue weighted by Gasteiger charge is 2.40. The molecule has 3 unspecified atom stereocenters. The van der Waals surface area contributed by atoms with Gasteiger partial charge in [0.2, 0.25) is 0 Å². The van der Waals surface area contributed by atoms with E-state index in [2.05, 4.69) is 27.2 Å². The number of nitrogens with one attached hydrogen (secondary N) is 1. The fourth-order valence-electron chi connectivity index (χ4n) is 7.53. The maximum atomic E-state index is 13.5. The number of benzene rings is 2. The van der Waals surface area contributed by atoms with E-state index in [0.29, 0.717) is 62.3 Å². The van der Waals surface area contributed by atoms with Gasteiger partial charge in [0.1, 0.15) is 22.9 Å². The van der Waals surface area contributed by atoms with E-state index >= 15 is 0 Å². The summed E-state index contributed by atoms with van der Waals surface area (Å²) in [6.07, 6.45) is 6.07. The molecule has 0 spiro atoms. The molecule has 0 radical (unpaired) electrons. The first-order valence-corrected chi connectivity index (χ1v) is 17.5. The lowest BCUT2D eigenvalue weighted by molar-refractivity contribution is -0.0181. The number of ether oxygens (including phenoxy) is 4. The molecule has 2 N–H and O–H groups in total. The molecular formula is C38H53N3O7. The van der Waals surface area contributed by atoms with Gasteiger partial charge in [-0.3, -0.25) is 9.59 Å². The van der Waals surface area contributed by atoms with Gasteiger partial charge in [-0.2, -0.15) is 0 Å². The summed E-state index contributed by atoms with van der Waals surface area (Å²) >= 11 is 0. The number of piperidine rings is 1. The predicted octanol–water partition coefficient (Wildman–Crippen LogP) is 4.60. The third-order valence-electron chi connectivity index (χ3n) is 10.1. The Labute approximate surface area is 284 Å². The number of hydrogen-bond donors (Lipinski definition) is 2. The molecule has 2 aliphatic rings. The van der Waals surface area contributed by atoms with E-state index in [0.717, 1.165) is 56.1 Å². The Balaban J connectivity index is 1.35. The van der Waals surface area contributed by atoms with Crippen LogP contribution < -0.4 is 35.4 Å². The summed E-state index contributed by atoms with van der Waals surface area (Å²) in [6, 6.07) is 15.6. The van der Waals surface area contributed by atoms with E-state index in [1.807, 2.05) is 43.3 Å². The third-order valence-corrected chi connectivity index (χ3v) is 10.1. The lowest BCUT2D eigenvalue weighted by Crippen LogP contribution is -2.57. The minimum absolute atomic E-state index is 0.0862. The van der Waals surface area contributed by atoms with Crippen molar-refractivity contribution in [3.63, 3.8) is 0 Å². The minimum atomic E-state index is -0.776. The fraction of sp³-hybridized carbons (Fsp3) is 0.579. The minimum Gasteiger partial charge on any atom is -0.497 e. The topological polar surface area (TPSA) is 110 Å². The molecule has 2 fully saturated rings. The van der Waals surface area contributed by atoms with Crippen LogP contribution in [0.15, 0.2) is 58.1 Å². The van der Waals surface area contributed by atoms with Crippen molar-refractivity contribution in [1.82, 2.24) is 5.32 Å². The van der Waals surface area contributed by atoms with Crippen molar-refractivity contribution in [1.29, 1.82) is 0 Å². The van der Waals surface area contributed by atoms with Crippen molar-refractivity contribution in [2.45, 2.75) is 82.7 Å². The second kappa shape index (κ2) is 17.3. The molecule has 10 heteroatoms. The van der Waals surface area contributed by atoms with Crippen LogP contribution in [0.3, 0.4) is 0 Å². The molecule has 0 bridgehead atoms. The highest BCUT2D eigenvalue weighted by atomic mass is 16.5. The van der Waals surface area contributed by atoms with Crippen LogP contribution in [0.4, 0.5) is 11.4 Å². The first-order chi connectivity index (χ1) is 23.4. The molecule has 1 saturated heterocycles. The molecule has 5 rings (SSSR count). The van der Waals surface area contributed by atoms with Crippen LogP contribution in [0.1, 0.15) is 69.1 Å². The smallest absolute Gasteiger partial charge is 0.253 e. The van der Waals surface area contributed by atoms with Crippen LogP contribution in [0.25, 0.3) is 0 Å². The van der Waals surface area contributed by atoms with Gasteiger partial charge in [-0.25, -0.2) is 0 Å². The van der Waals surface area contributed by atoms with Crippen molar-refractivity contribution in [3.8, 4) is 11.5 Å². The summed E-state index contributed by atoms with van der Waals surface area (Å²) in [6.45, 7) is 5.10. The molecular weight excluding hydrogens is 610 g/mol. The third kappa shape index (κ3) is 8.40. The van der Waals surface area contributed by atoms with Gasteiger partial charge in [0.25, 0.3) is 10.9 Å². The second-order valence-corrected chi connectivity index (χ2v) is 13.3. The van der Waals surface area contributed by atoms with E-state index in [4.69, 9.17) is 18.9 Å². The Kier molecular flexibility index (Phi) is 12.9. The zero-order valence-electron chi connectivity index (χ0n) is 29.0. The number of nitrogens with zero attached hydrogens (tertiary/aromatic N) is 2. The van der Waals surface area contributed by atoms with Gasteiger partial charge in [-0.05, 0) is 55.9 Å². The lowest BCUT2D eigenvalue weighted by atomic mass is 9.87. The van der Waals surface area contributed by atoms with Crippen molar-refractivity contribution >= 4 is 11.4 Å². The highest BCUT2D eigenvalue weighted by molar-refractivity contribution is 5.77. The number of aliphatic hydroxyl groups excluding tert-OH is 1. The maximum absolute atomic E-state index is 13.5. The Bertz CT molecular complexity index is 1480. The van der Waals surface area contributed by atoms with Crippen LogP contribution in [-0.4, -0.2) is 77.5 Å². The van der Waals surface area contributed by atoms with E-state index < -0.39 is 17.0 Å². The van der Waals surface area contributed by atoms with Gasteiger partial charge in [-0.1, -0.05) is 49.6 Å². The summed E-state index contributed by atoms with van der Waals surface area (Å²) in [5.74, 6) is 1.54. The lowest BCUT2D eigenvalue weighted by Gasteiger charge is -2.45. The maximum Gasteiger partial charge on any atom is 0.253 e. The summed E-state index contributed by atoms with van der Waals surface area (Å²) < 4.78 is 22.5. The SMILES string of the molecule is COCCOC(c1ccccc1)C1CCCN(c2c(N(C3CCCCC3)C(C)[C@H](O)CNCc3cc(OC)cc(OC)c3)c(=O)c2=O)C1. The number of hydrogen-bond acceptors (Lipinski definition) is 10. The highest BCUT2D eigenvalue weighted by Crippen LogP contribution is 2.38. The summed E-state index contributed by atoms with van der Waals surface area (Å²) in [5, 5.41) is 14.9. The molecule has 1 heterocycles. The second-order valence-electron chi connectivity index (χ2n) is 13.3. The quantitative estimate of drug-likeness (QED) is 0.157. The standard InChI is InChI=1S/C38H53N3O7/c1-26(33(42)24-39-23-27-20-31(46-3)22-32(21-27)47-4)41(30-15-9-6-10-16-30)35-34(36(43)37(35)44)40-17-11-14-29(25-40)38(48-19-18-45-2)28-12-7-5-8-13-28/h5,7-8,12-13,20-22,26,29-30,33,38-39,42H,6,9-11,14-19,23-25H2,1-4H3/t26?,29?,33-,38?/m1/s1. The predicted molar refractivity (Wildman–Crippen MR) is 189 cm³/mol. The van der Waals surface area contributed by atoms with E-state index in [1.54, 1.807) is 21.3 Å². The van der Waals surface area contributed by atoms with Gasteiger partial charge >= 0.3 is 0 Å². The van der Waals surface area contributed by atoms with Gasteiger partial charge in [-0.15, -0.1) is 0 Å². The van der Waals surface area contributed by atoms with Crippen LogP contribution in [0.5, 0.6) is 11.5 Å². The van der Waals surface area contributed by atoms with Gasteiger partial charge in [0.15, 0.2) is 0 Å². The number of rotatable bonds is 17. The number of methoxy groups -OCH3 is 3. The molecule has 3 aromatic carbocycles. The van der Waals surface area contributed by atoms with Crippen molar-refractivity contribution in [2.75, 3.05) is 64.0 Å². The van der Waals surface area contributed by atoms with Crippen molar-refractivity contribution in [2.24, 2.45) is 5.92 Å². The number of anilines is 2. The largest absolute Gasteiger partial charge is 0.497 e. The van der Waals surface area contributed by atoms with Gasteiger partial charge in [0, 0.05) is 51.3 Å². The van der Waals surface area contributed by atoms with Crippen LogP contribution in [-0.2, 0) is 16.0 Å². The molecule has 4 atom stereocenters. The van der Waals surface area contributed by atoms with Crippen LogP contribution in [0.2, 0.25) is 0 Å². The molecule has 1 aliphatic heterocycles. The Morgan fingerprint density at radius 2 is 1.62 bits per heavy atom. The first-order valence-electron chi connectivity index (χ1n) is 17.5.